The minimum atomic E-state index is 0.174. The van der Waals surface area contributed by atoms with E-state index < -0.39 is 0 Å². The maximum atomic E-state index is 11.3. The Kier molecular flexibility index (Phi) is 3.32. The number of hydrogen-bond donors (Lipinski definition) is 0. The number of rotatable bonds is 2. The number of likely N-dealkylation sites (tertiary alicyclic amines) is 1. The van der Waals surface area contributed by atoms with Gasteiger partial charge in [-0.3, -0.25) is 4.79 Å². The summed E-state index contributed by atoms with van der Waals surface area (Å²) in [4.78, 5) is 13.3. The van der Waals surface area contributed by atoms with E-state index >= 15 is 0 Å². The van der Waals surface area contributed by atoms with Gasteiger partial charge in [0, 0.05) is 13.1 Å². The van der Waals surface area contributed by atoms with Crippen molar-refractivity contribution in [3.05, 3.63) is 12.2 Å². The maximum absolute atomic E-state index is 11.3. The number of hydrogen-bond acceptors (Lipinski definition) is 1. The molecule has 1 fully saturated rings. The number of carbonyl (C=O) groups excluding carboxylic acids is 1. The Hall–Kier alpha value is -0.790. The van der Waals surface area contributed by atoms with Crippen molar-refractivity contribution < 1.29 is 4.79 Å². The van der Waals surface area contributed by atoms with Crippen LogP contribution < -0.4 is 0 Å². The third-order valence-electron chi connectivity index (χ3n) is 2.48. The van der Waals surface area contributed by atoms with E-state index in [9.17, 15) is 4.79 Å². The molecule has 0 bridgehead atoms. The summed E-state index contributed by atoms with van der Waals surface area (Å²) in [5.74, 6) is 0.910. The van der Waals surface area contributed by atoms with Gasteiger partial charge in [0.05, 0.1) is 0 Å². The van der Waals surface area contributed by atoms with E-state index in [0.717, 1.165) is 19.0 Å². The molecule has 1 aliphatic heterocycles. The molecule has 2 heteroatoms. The van der Waals surface area contributed by atoms with Crippen LogP contribution in [0.25, 0.3) is 0 Å². The van der Waals surface area contributed by atoms with Crippen molar-refractivity contribution in [2.75, 3.05) is 13.1 Å². The van der Waals surface area contributed by atoms with Crippen LogP contribution in [0.15, 0.2) is 12.2 Å². The van der Waals surface area contributed by atoms with E-state index in [1.165, 1.54) is 12.8 Å². The molecule has 0 radical (unpaired) electrons. The van der Waals surface area contributed by atoms with E-state index in [1.807, 2.05) is 17.9 Å². The fraction of sp³-hybridized carbons (Fsp3) is 0.700. The van der Waals surface area contributed by atoms with Crippen molar-refractivity contribution in [2.24, 2.45) is 5.92 Å². The van der Waals surface area contributed by atoms with Crippen LogP contribution in [0.5, 0.6) is 0 Å². The van der Waals surface area contributed by atoms with Crippen molar-refractivity contribution in [1.29, 1.82) is 0 Å². The maximum Gasteiger partial charge on any atom is 0.246 e. The normalized spacial score (nSPS) is 23.8. The van der Waals surface area contributed by atoms with E-state index in [0.29, 0.717) is 0 Å². The molecule has 0 aromatic rings. The smallest absolute Gasteiger partial charge is 0.246 e. The van der Waals surface area contributed by atoms with Crippen molar-refractivity contribution >= 4 is 5.91 Å². The zero-order valence-electron chi connectivity index (χ0n) is 7.92. The van der Waals surface area contributed by atoms with Crippen LogP contribution in [0.1, 0.15) is 26.7 Å². The van der Waals surface area contributed by atoms with Gasteiger partial charge in [-0.2, -0.15) is 0 Å². The van der Waals surface area contributed by atoms with Gasteiger partial charge in [-0.1, -0.05) is 19.4 Å². The lowest BCUT2D eigenvalue weighted by molar-refractivity contribution is -0.125. The van der Waals surface area contributed by atoms with Gasteiger partial charge in [0.1, 0.15) is 0 Å². The van der Waals surface area contributed by atoms with Crippen molar-refractivity contribution in [2.45, 2.75) is 26.7 Å². The molecule has 1 saturated heterocycles. The minimum Gasteiger partial charge on any atom is -0.339 e. The molecule has 1 aliphatic rings. The standard InChI is InChI=1S/C10H17NO/c1-3-5-10(12)11-7-6-9(4-2)8-11/h3,5,9H,4,6-8H2,1-2H3/b5-3+. The summed E-state index contributed by atoms with van der Waals surface area (Å²) in [6, 6.07) is 0. The van der Waals surface area contributed by atoms with E-state index in [4.69, 9.17) is 0 Å². The first-order valence-corrected chi connectivity index (χ1v) is 4.69. The lowest BCUT2D eigenvalue weighted by Crippen LogP contribution is -2.26. The number of allylic oxidation sites excluding steroid dienone is 1. The average Bonchev–Trinajstić information content (AvgIpc) is 2.52. The van der Waals surface area contributed by atoms with Crippen LogP contribution in [0.4, 0.5) is 0 Å². The lowest BCUT2D eigenvalue weighted by Gasteiger charge is -2.13. The lowest BCUT2D eigenvalue weighted by atomic mass is 10.1. The third-order valence-corrected chi connectivity index (χ3v) is 2.48. The van der Waals surface area contributed by atoms with Crippen LogP contribution >= 0.6 is 0 Å². The van der Waals surface area contributed by atoms with Crippen molar-refractivity contribution in [3.63, 3.8) is 0 Å². The first kappa shape index (κ1) is 9.30. The number of amides is 1. The van der Waals surface area contributed by atoms with Crippen LogP contribution in [-0.4, -0.2) is 23.9 Å². The average molecular weight is 167 g/mol. The van der Waals surface area contributed by atoms with Gasteiger partial charge in [-0.05, 0) is 25.3 Å². The highest BCUT2D eigenvalue weighted by Gasteiger charge is 2.22. The predicted octanol–water partition coefficient (Wildman–Crippen LogP) is 1.82. The van der Waals surface area contributed by atoms with Crippen LogP contribution in [0.2, 0.25) is 0 Å². The topological polar surface area (TPSA) is 20.3 Å². The van der Waals surface area contributed by atoms with E-state index in [1.54, 1.807) is 6.08 Å². The molecule has 0 saturated carbocycles. The Balaban J connectivity index is 2.41. The summed E-state index contributed by atoms with van der Waals surface area (Å²) in [7, 11) is 0. The van der Waals surface area contributed by atoms with Gasteiger partial charge < -0.3 is 4.90 Å². The quantitative estimate of drug-likeness (QED) is 0.574. The summed E-state index contributed by atoms with van der Waals surface area (Å²) < 4.78 is 0. The highest BCUT2D eigenvalue weighted by molar-refractivity contribution is 5.87. The summed E-state index contributed by atoms with van der Waals surface area (Å²) in [5, 5.41) is 0. The molecule has 1 rings (SSSR count). The molecule has 2 nitrogen and oxygen atoms in total. The van der Waals surface area contributed by atoms with Gasteiger partial charge in [-0.25, -0.2) is 0 Å². The van der Waals surface area contributed by atoms with Crippen LogP contribution in [-0.2, 0) is 4.79 Å². The SMILES string of the molecule is C/C=C/C(=O)N1CCC(CC)C1. The number of nitrogens with zero attached hydrogens (tertiary/aromatic N) is 1. The first-order valence-electron chi connectivity index (χ1n) is 4.69. The van der Waals surface area contributed by atoms with Gasteiger partial charge >= 0.3 is 0 Å². The van der Waals surface area contributed by atoms with E-state index in [2.05, 4.69) is 6.92 Å². The Bertz CT molecular complexity index is 186. The third kappa shape index (κ3) is 2.10. The molecule has 1 amide bonds. The predicted molar refractivity (Wildman–Crippen MR) is 49.8 cm³/mol. The van der Waals surface area contributed by atoms with Crippen LogP contribution in [0, 0.1) is 5.92 Å². The summed E-state index contributed by atoms with van der Waals surface area (Å²) in [6.07, 6.45) is 5.83. The van der Waals surface area contributed by atoms with E-state index in [-0.39, 0.29) is 5.91 Å². The summed E-state index contributed by atoms with van der Waals surface area (Å²) >= 11 is 0. The monoisotopic (exact) mass is 167 g/mol. The highest BCUT2D eigenvalue weighted by atomic mass is 16.2. The Morgan fingerprint density at radius 1 is 1.67 bits per heavy atom. The number of carbonyl (C=O) groups is 1. The largest absolute Gasteiger partial charge is 0.339 e. The molecule has 1 heterocycles. The zero-order valence-corrected chi connectivity index (χ0v) is 7.92. The zero-order chi connectivity index (χ0) is 8.97. The molecule has 0 aromatic carbocycles. The fourth-order valence-electron chi connectivity index (χ4n) is 1.61. The molecule has 1 unspecified atom stereocenters. The summed E-state index contributed by atoms with van der Waals surface area (Å²) in [5.41, 5.74) is 0. The molecule has 12 heavy (non-hydrogen) atoms. The van der Waals surface area contributed by atoms with Gasteiger partial charge in [0.25, 0.3) is 0 Å². The van der Waals surface area contributed by atoms with Gasteiger partial charge in [0.2, 0.25) is 5.91 Å². The molecule has 0 N–H and O–H groups in total. The molecule has 1 atom stereocenters. The second kappa shape index (κ2) is 4.29. The molecular formula is C10H17NO. The van der Waals surface area contributed by atoms with Crippen molar-refractivity contribution in [1.82, 2.24) is 4.90 Å². The Morgan fingerprint density at radius 2 is 2.42 bits per heavy atom. The Labute approximate surface area is 74.2 Å². The van der Waals surface area contributed by atoms with Crippen LogP contribution in [0.3, 0.4) is 0 Å². The van der Waals surface area contributed by atoms with Gasteiger partial charge in [-0.15, -0.1) is 0 Å². The first-order chi connectivity index (χ1) is 5.77. The fourth-order valence-corrected chi connectivity index (χ4v) is 1.61. The minimum absolute atomic E-state index is 0.174. The second-order valence-electron chi connectivity index (χ2n) is 3.35. The molecule has 0 aliphatic carbocycles. The van der Waals surface area contributed by atoms with Crippen molar-refractivity contribution in [3.8, 4) is 0 Å². The molecule has 68 valence electrons. The highest BCUT2D eigenvalue weighted by Crippen LogP contribution is 2.18. The molecule has 0 spiro atoms. The Morgan fingerprint density at radius 3 is 2.92 bits per heavy atom. The summed E-state index contributed by atoms with van der Waals surface area (Å²) in [6.45, 7) is 5.97. The molecular weight excluding hydrogens is 150 g/mol. The van der Waals surface area contributed by atoms with Gasteiger partial charge in [0.15, 0.2) is 0 Å². The second-order valence-corrected chi connectivity index (χ2v) is 3.35. The molecule has 0 aromatic heterocycles.